The summed E-state index contributed by atoms with van der Waals surface area (Å²) >= 11 is 0. The van der Waals surface area contributed by atoms with Crippen molar-refractivity contribution in [3.8, 4) is 0 Å². The van der Waals surface area contributed by atoms with Crippen LogP contribution < -0.4 is 0 Å². The van der Waals surface area contributed by atoms with Crippen LogP contribution in [-0.4, -0.2) is 11.7 Å². The highest BCUT2D eigenvalue weighted by Crippen LogP contribution is 2.20. The molecule has 0 fully saturated rings. The lowest BCUT2D eigenvalue weighted by Crippen LogP contribution is -2.12. The van der Waals surface area contributed by atoms with Gasteiger partial charge in [0.1, 0.15) is 0 Å². The fraction of sp³-hybridized carbons (Fsp3) is 0.579. The molecule has 0 aliphatic heterocycles. The Balaban J connectivity index is 0.000000796. The van der Waals surface area contributed by atoms with Gasteiger partial charge < -0.3 is 5.11 Å². The molecule has 0 bridgehead atoms. The molecule has 1 aromatic carbocycles. The van der Waals surface area contributed by atoms with Crippen LogP contribution >= 0.6 is 0 Å². The van der Waals surface area contributed by atoms with Crippen LogP contribution in [0.2, 0.25) is 0 Å². The maximum absolute atomic E-state index is 9.16. The SMILES string of the molecule is CC(C)C.CC(C)c1cccc(/C=C/C(C)(C)CO)c1. The molecule has 20 heavy (non-hydrogen) atoms. The predicted molar refractivity (Wildman–Crippen MR) is 90.9 cm³/mol. The summed E-state index contributed by atoms with van der Waals surface area (Å²) in [6.45, 7) is 15.1. The van der Waals surface area contributed by atoms with E-state index in [0.717, 1.165) is 5.92 Å². The topological polar surface area (TPSA) is 20.2 Å². The Kier molecular flexibility index (Phi) is 8.48. The number of aliphatic hydroxyl groups is 1. The number of benzene rings is 1. The van der Waals surface area contributed by atoms with Crippen molar-refractivity contribution in [2.45, 2.75) is 54.4 Å². The lowest BCUT2D eigenvalue weighted by molar-refractivity contribution is 0.200. The van der Waals surface area contributed by atoms with Crippen molar-refractivity contribution in [3.63, 3.8) is 0 Å². The quantitative estimate of drug-likeness (QED) is 0.769. The van der Waals surface area contributed by atoms with Crippen LogP contribution in [0.15, 0.2) is 30.3 Å². The van der Waals surface area contributed by atoms with E-state index in [-0.39, 0.29) is 12.0 Å². The second-order valence-corrected chi connectivity index (χ2v) is 7.04. The average molecular weight is 276 g/mol. The van der Waals surface area contributed by atoms with Crippen LogP contribution in [0.1, 0.15) is 65.5 Å². The van der Waals surface area contributed by atoms with Crippen molar-refractivity contribution in [1.29, 1.82) is 0 Å². The highest BCUT2D eigenvalue weighted by Gasteiger charge is 2.10. The first-order valence-corrected chi connectivity index (χ1v) is 7.58. The molecule has 0 aromatic heterocycles. The van der Waals surface area contributed by atoms with Crippen LogP contribution in [-0.2, 0) is 0 Å². The summed E-state index contributed by atoms with van der Waals surface area (Å²) in [5.74, 6) is 1.39. The number of hydrogen-bond donors (Lipinski definition) is 1. The molecule has 0 saturated carbocycles. The predicted octanol–water partition coefficient (Wildman–Crippen LogP) is 5.50. The third kappa shape index (κ3) is 8.92. The normalized spacial score (nSPS) is 11.9. The van der Waals surface area contributed by atoms with Crippen LogP contribution in [0.25, 0.3) is 6.08 Å². The molecule has 114 valence electrons. The second kappa shape index (κ2) is 8.97. The zero-order valence-electron chi connectivity index (χ0n) is 14.3. The zero-order valence-corrected chi connectivity index (χ0v) is 14.3. The maximum atomic E-state index is 9.16. The maximum Gasteiger partial charge on any atom is 0.0516 e. The van der Waals surface area contributed by atoms with Gasteiger partial charge in [0.15, 0.2) is 0 Å². The van der Waals surface area contributed by atoms with E-state index < -0.39 is 0 Å². The highest BCUT2D eigenvalue weighted by molar-refractivity contribution is 5.51. The second-order valence-electron chi connectivity index (χ2n) is 7.04. The molecule has 0 atom stereocenters. The average Bonchev–Trinajstić information content (AvgIpc) is 2.36. The smallest absolute Gasteiger partial charge is 0.0516 e. The van der Waals surface area contributed by atoms with Gasteiger partial charge in [0, 0.05) is 5.41 Å². The summed E-state index contributed by atoms with van der Waals surface area (Å²) in [5.41, 5.74) is 2.41. The summed E-state index contributed by atoms with van der Waals surface area (Å²) < 4.78 is 0. The van der Waals surface area contributed by atoms with E-state index in [1.54, 1.807) is 0 Å². The Morgan fingerprint density at radius 3 is 2.10 bits per heavy atom. The van der Waals surface area contributed by atoms with Gasteiger partial charge in [-0.25, -0.2) is 0 Å². The minimum absolute atomic E-state index is 0.145. The van der Waals surface area contributed by atoms with Gasteiger partial charge >= 0.3 is 0 Å². The van der Waals surface area contributed by atoms with Crippen LogP contribution in [0.4, 0.5) is 0 Å². The Bertz CT molecular complexity index is 397. The van der Waals surface area contributed by atoms with E-state index in [4.69, 9.17) is 5.11 Å². The van der Waals surface area contributed by atoms with Gasteiger partial charge in [-0.05, 0) is 23.0 Å². The van der Waals surface area contributed by atoms with Crippen LogP contribution in [0.5, 0.6) is 0 Å². The molecule has 0 radical (unpaired) electrons. The molecule has 0 saturated heterocycles. The van der Waals surface area contributed by atoms with Gasteiger partial charge in [0.25, 0.3) is 0 Å². The molecular weight excluding hydrogens is 244 g/mol. The van der Waals surface area contributed by atoms with Crippen molar-refractivity contribution in [2.24, 2.45) is 11.3 Å². The first-order chi connectivity index (χ1) is 9.18. The van der Waals surface area contributed by atoms with Crippen LogP contribution in [0.3, 0.4) is 0 Å². The largest absolute Gasteiger partial charge is 0.395 e. The minimum Gasteiger partial charge on any atom is -0.395 e. The summed E-state index contributed by atoms with van der Waals surface area (Å²) in [4.78, 5) is 0. The third-order valence-corrected chi connectivity index (χ3v) is 2.71. The Hall–Kier alpha value is -1.08. The first-order valence-electron chi connectivity index (χ1n) is 7.58. The Morgan fingerprint density at radius 2 is 1.65 bits per heavy atom. The van der Waals surface area contributed by atoms with Crippen molar-refractivity contribution < 1.29 is 5.11 Å². The van der Waals surface area contributed by atoms with Gasteiger partial charge in [0.05, 0.1) is 6.61 Å². The molecular formula is C19H32O. The van der Waals surface area contributed by atoms with Gasteiger partial charge in [-0.15, -0.1) is 0 Å². The Morgan fingerprint density at radius 1 is 1.10 bits per heavy atom. The number of rotatable bonds is 4. The molecule has 0 heterocycles. The van der Waals surface area contributed by atoms with Gasteiger partial charge in [-0.1, -0.05) is 84.9 Å². The molecule has 0 aliphatic rings. The molecule has 1 nitrogen and oxygen atoms in total. The summed E-state index contributed by atoms with van der Waals surface area (Å²) in [6, 6.07) is 8.53. The van der Waals surface area contributed by atoms with Gasteiger partial charge in [0.2, 0.25) is 0 Å². The zero-order chi connectivity index (χ0) is 15.8. The molecule has 0 aliphatic carbocycles. The minimum atomic E-state index is -0.145. The molecule has 1 heteroatoms. The lowest BCUT2D eigenvalue weighted by Gasteiger charge is -2.15. The van der Waals surface area contributed by atoms with Crippen LogP contribution in [0, 0.1) is 11.3 Å². The molecule has 0 unspecified atom stereocenters. The van der Waals surface area contributed by atoms with Crippen molar-refractivity contribution in [2.75, 3.05) is 6.61 Å². The fourth-order valence-corrected chi connectivity index (χ4v) is 1.40. The van der Waals surface area contributed by atoms with Crippen molar-refractivity contribution >= 4 is 6.08 Å². The molecule has 0 spiro atoms. The van der Waals surface area contributed by atoms with Gasteiger partial charge in [-0.2, -0.15) is 0 Å². The summed E-state index contributed by atoms with van der Waals surface area (Å²) in [6.07, 6.45) is 4.15. The lowest BCUT2D eigenvalue weighted by atomic mass is 9.93. The summed E-state index contributed by atoms with van der Waals surface area (Å²) in [5, 5.41) is 9.16. The molecule has 1 rings (SSSR count). The number of hydrogen-bond acceptors (Lipinski definition) is 1. The van der Waals surface area contributed by atoms with E-state index in [0.29, 0.717) is 5.92 Å². The van der Waals surface area contributed by atoms with E-state index in [2.05, 4.69) is 71.0 Å². The molecule has 1 aromatic rings. The van der Waals surface area contributed by atoms with E-state index >= 15 is 0 Å². The molecule has 1 N–H and O–H groups in total. The van der Waals surface area contributed by atoms with E-state index in [1.807, 2.05) is 13.8 Å². The van der Waals surface area contributed by atoms with E-state index in [1.165, 1.54) is 11.1 Å². The summed E-state index contributed by atoms with van der Waals surface area (Å²) in [7, 11) is 0. The number of aliphatic hydroxyl groups excluding tert-OH is 1. The highest BCUT2D eigenvalue weighted by atomic mass is 16.3. The Labute approximate surface area is 125 Å². The first kappa shape index (κ1) is 18.9. The third-order valence-electron chi connectivity index (χ3n) is 2.71. The standard InChI is InChI=1S/C15H22O.C4H10/c1-12(2)14-7-5-6-13(10-14)8-9-15(3,4)11-16;1-4(2)3/h5-10,12,16H,11H2,1-4H3;4H,1-3H3/b9-8+;. The van der Waals surface area contributed by atoms with E-state index in [9.17, 15) is 0 Å². The van der Waals surface area contributed by atoms with Gasteiger partial charge in [-0.3, -0.25) is 0 Å². The fourth-order valence-electron chi connectivity index (χ4n) is 1.40. The monoisotopic (exact) mass is 276 g/mol. The van der Waals surface area contributed by atoms with Crippen molar-refractivity contribution in [1.82, 2.24) is 0 Å². The molecule has 0 amide bonds. The van der Waals surface area contributed by atoms with Crippen molar-refractivity contribution in [3.05, 3.63) is 41.5 Å².